The quantitative estimate of drug-likeness (QED) is 0.314. The third-order valence-electron chi connectivity index (χ3n) is 5.81. The zero-order valence-electron chi connectivity index (χ0n) is 19.8. The Morgan fingerprint density at radius 2 is 1.68 bits per heavy atom. The van der Waals surface area contributed by atoms with Crippen molar-refractivity contribution in [1.29, 1.82) is 0 Å². The fourth-order valence-corrected chi connectivity index (χ4v) is 3.77. The van der Waals surface area contributed by atoms with Crippen LogP contribution in [0.3, 0.4) is 0 Å². The molecule has 0 saturated heterocycles. The van der Waals surface area contributed by atoms with E-state index in [-0.39, 0.29) is 12.5 Å². The maximum atomic E-state index is 12.3. The van der Waals surface area contributed by atoms with Crippen molar-refractivity contribution < 1.29 is 14.3 Å². The predicted octanol–water partition coefficient (Wildman–Crippen LogP) is 5.21. The van der Waals surface area contributed by atoms with Crippen molar-refractivity contribution in [1.82, 2.24) is 14.9 Å². The molecule has 0 unspecified atom stereocenters. The van der Waals surface area contributed by atoms with E-state index in [2.05, 4.69) is 41.9 Å². The summed E-state index contributed by atoms with van der Waals surface area (Å²) in [6, 6.07) is 23.6. The van der Waals surface area contributed by atoms with Gasteiger partial charge < -0.3 is 19.4 Å². The largest absolute Gasteiger partial charge is 0.494 e. The Morgan fingerprint density at radius 1 is 0.882 bits per heavy atom. The van der Waals surface area contributed by atoms with Crippen molar-refractivity contribution in [2.45, 2.75) is 39.8 Å². The first-order valence-corrected chi connectivity index (χ1v) is 11.7. The van der Waals surface area contributed by atoms with Gasteiger partial charge in [-0.25, -0.2) is 4.98 Å². The second kappa shape index (κ2) is 11.4. The van der Waals surface area contributed by atoms with Gasteiger partial charge in [-0.05, 0) is 74.2 Å². The number of ether oxygens (including phenoxy) is 2. The van der Waals surface area contributed by atoms with Gasteiger partial charge in [0.2, 0.25) is 0 Å². The minimum absolute atomic E-state index is 0.0277. The molecule has 6 nitrogen and oxygen atoms in total. The van der Waals surface area contributed by atoms with Gasteiger partial charge in [0, 0.05) is 6.54 Å². The smallest absolute Gasteiger partial charge is 0.258 e. The predicted molar refractivity (Wildman–Crippen MR) is 134 cm³/mol. The molecule has 0 saturated carbocycles. The number of aryl methyl sites for hydroxylation is 3. The van der Waals surface area contributed by atoms with E-state index in [1.807, 2.05) is 54.6 Å². The molecule has 1 amide bonds. The van der Waals surface area contributed by atoms with Crippen LogP contribution in [0.5, 0.6) is 11.5 Å². The van der Waals surface area contributed by atoms with E-state index in [1.54, 1.807) is 0 Å². The highest BCUT2D eigenvalue weighted by Gasteiger charge is 2.12. The highest BCUT2D eigenvalue weighted by Crippen LogP contribution is 2.19. The molecule has 0 aliphatic heterocycles. The molecule has 0 fully saturated rings. The van der Waals surface area contributed by atoms with Crippen LogP contribution in [-0.2, 0) is 17.9 Å². The molecule has 4 aromatic rings. The topological polar surface area (TPSA) is 65.4 Å². The van der Waals surface area contributed by atoms with Crippen LogP contribution in [0.4, 0.5) is 0 Å². The van der Waals surface area contributed by atoms with E-state index >= 15 is 0 Å². The lowest BCUT2D eigenvalue weighted by Gasteiger charge is -2.12. The van der Waals surface area contributed by atoms with Gasteiger partial charge in [0.15, 0.2) is 6.61 Å². The van der Waals surface area contributed by atoms with Gasteiger partial charge in [0.25, 0.3) is 5.91 Å². The van der Waals surface area contributed by atoms with Crippen LogP contribution in [0.1, 0.15) is 29.8 Å². The normalized spacial score (nSPS) is 10.9. The number of amides is 1. The Hall–Kier alpha value is -3.80. The number of nitrogens with zero attached hydrogens (tertiary/aromatic N) is 2. The van der Waals surface area contributed by atoms with Gasteiger partial charge in [0.05, 0.1) is 24.2 Å². The van der Waals surface area contributed by atoms with E-state index < -0.39 is 0 Å². The molecule has 0 spiro atoms. The van der Waals surface area contributed by atoms with Gasteiger partial charge in [-0.2, -0.15) is 0 Å². The molecule has 3 aromatic carbocycles. The molecule has 176 valence electrons. The third-order valence-corrected chi connectivity index (χ3v) is 5.81. The Labute approximate surface area is 200 Å². The zero-order valence-corrected chi connectivity index (χ0v) is 19.8. The number of fused-ring (bicyclic) bond motifs is 1. The van der Waals surface area contributed by atoms with Gasteiger partial charge in [-0.1, -0.05) is 36.4 Å². The molecule has 0 radical (unpaired) electrons. The maximum absolute atomic E-state index is 12.3. The van der Waals surface area contributed by atoms with Crippen LogP contribution in [0.2, 0.25) is 0 Å². The number of hydrogen-bond donors (Lipinski definition) is 1. The first-order valence-electron chi connectivity index (χ1n) is 11.7. The number of hydrogen-bond acceptors (Lipinski definition) is 4. The highest BCUT2D eigenvalue weighted by atomic mass is 16.5. The summed E-state index contributed by atoms with van der Waals surface area (Å²) in [6.07, 6.45) is 1.87. The first kappa shape index (κ1) is 23.4. The number of imidazole rings is 1. The lowest BCUT2D eigenvalue weighted by Crippen LogP contribution is -2.29. The van der Waals surface area contributed by atoms with Crippen LogP contribution in [0.15, 0.2) is 72.8 Å². The van der Waals surface area contributed by atoms with Crippen molar-refractivity contribution >= 4 is 16.9 Å². The number of carbonyl (C=O) groups excluding carboxylic acids is 1. The minimum Gasteiger partial charge on any atom is -0.494 e. The third kappa shape index (κ3) is 6.16. The maximum Gasteiger partial charge on any atom is 0.258 e. The van der Waals surface area contributed by atoms with Crippen LogP contribution in [-0.4, -0.2) is 28.7 Å². The van der Waals surface area contributed by atoms with E-state index in [9.17, 15) is 4.79 Å². The molecule has 6 heteroatoms. The average Bonchev–Trinajstić information content (AvgIpc) is 3.21. The van der Waals surface area contributed by atoms with Crippen LogP contribution in [0, 0.1) is 13.8 Å². The fourth-order valence-electron chi connectivity index (χ4n) is 3.77. The van der Waals surface area contributed by atoms with Gasteiger partial charge >= 0.3 is 0 Å². The summed E-state index contributed by atoms with van der Waals surface area (Å²) in [5.41, 5.74) is 4.51. The van der Waals surface area contributed by atoms with Crippen LogP contribution < -0.4 is 14.8 Å². The van der Waals surface area contributed by atoms with Crippen LogP contribution >= 0.6 is 0 Å². The second-order valence-electron chi connectivity index (χ2n) is 8.35. The van der Waals surface area contributed by atoms with Crippen LogP contribution in [0.25, 0.3) is 11.0 Å². The number of carbonyl (C=O) groups is 1. The van der Waals surface area contributed by atoms with E-state index in [0.717, 1.165) is 42.0 Å². The van der Waals surface area contributed by atoms with E-state index in [1.165, 1.54) is 11.1 Å². The molecular formula is C28H31N3O3. The lowest BCUT2D eigenvalue weighted by molar-refractivity contribution is -0.123. The number of unbranched alkanes of at least 4 members (excludes halogenated alkanes) is 1. The molecule has 0 aliphatic rings. The number of benzene rings is 3. The van der Waals surface area contributed by atoms with Crippen molar-refractivity contribution in [2.24, 2.45) is 0 Å². The number of nitrogens with one attached hydrogen (secondary N) is 1. The Balaban J connectivity index is 1.30. The Morgan fingerprint density at radius 3 is 2.50 bits per heavy atom. The molecule has 0 atom stereocenters. The molecule has 1 aromatic heterocycles. The molecule has 0 bridgehead atoms. The summed E-state index contributed by atoms with van der Waals surface area (Å²) in [6.45, 7) is 6.00. The summed E-state index contributed by atoms with van der Waals surface area (Å²) < 4.78 is 13.6. The zero-order chi connectivity index (χ0) is 23.8. The first-order chi connectivity index (χ1) is 16.6. The van der Waals surface area contributed by atoms with Gasteiger partial charge in [-0.3, -0.25) is 4.79 Å². The summed E-state index contributed by atoms with van der Waals surface area (Å²) in [4.78, 5) is 17.0. The van der Waals surface area contributed by atoms with Crippen molar-refractivity contribution in [2.75, 3.05) is 13.2 Å². The van der Waals surface area contributed by atoms with Gasteiger partial charge in [0.1, 0.15) is 17.3 Å². The number of para-hydroxylation sites is 3. The molecule has 4 rings (SSSR count). The van der Waals surface area contributed by atoms with E-state index in [4.69, 9.17) is 14.5 Å². The Bertz CT molecular complexity index is 1230. The van der Waals surface area contributed by atoms with Crippen molar-refractivity contribution in [3.05, 3.63) is 89.7 Å². The SMILES string of the molecule is Cc1ccc(OCCCCn2c(CNC(=O)COc3ccccc3)nc3ccccc32)cc1C. The monoisotopic (exact) mass is 457 g/mol. The summed E-state index contributed by atoms with van der Waals surface area (Å²) in [5, 5.41) is 2.93. The van der Waals surface area contributed by atoms with Crippen molar-refractivity contribution in [3.8, 4) is 11.5 Å². The summed E-state index contributed by atoms with van der Waals surface area (Å²) in [7, 11) is 0. The number of aromatic nitrogens is 2. The fraction of sp³-hybridized carbons (Fsp3) is 0.286. The van der Waals surface area contributed by atoms with E-state index in [0.29, 0.717) is 18.9 Å². The van der Waals surface area contributed by atoms with Gasteiger partial charge in [-0.15, -0.1) is 0 Å². The molecule has 1 heterocycles. The summed E-state index contributed by atoms with van der Waals surface area (Å²) >= 11 is 0. The van der Waals surface area contributed by atoms with Crippen molar-refractivity contribution in [3.63, 3.8) is 0 Å². The second-order valence-corrected chi connectivity index (χ2v) is 8.35. The lowest BCUT2D eigenvalue weighted by atomic mass is 10.1. The molecule has 34 heavy (non-hydrogen) atoms. The average molecular weight is 458 g/mol. The standard InChI is InChI=1S/C28H31N3O3/c1-21-14-15-24(18-22(21)2)33-17-9-8-16-31-26-13-7-6-12-25(26)30-27(31)19-29-28(32)20-34-23-10-4-3-5-11-23/h3-7,10-15,18H,8-9,16-17,19-20H2,1-2H3,(H,29,32). The molecular weight excluding hydrogens is 426 g/mol. The minimum atomic E-state index is -0.177. The highest BCUT2D eigenvalue weighted by molar-refractivity contribution is 5.78. The molecule has 1 N–H and O–H groups in total. The Kier molecular flexibility index (Phi) is 7.81. The molecule has 0 aliphatic carbocycles. The number of rotatable bonds is 11. The summed E-state index contributed by atoms with van der Waals surface area (Å²) in [5.74, 6) is 2.25.